The van der Waals surface area contributed by atoms with E-state index in [1.54, 1.807) is 0 Å². The van der Waals surface area contributed by atoms with Gasteiger partial charge in [0.15, 0.2) is 6.29 Å². The summed E-state index contributed by atoms with van der Waals surface area (Å²) in [6.07, 6.45) is -4.57. The number of hydrogen-bond acceptors (Lipinski definition) is 5. The molecule has 12 heavy (non-hydrogen) atoms. The predicted octanol–water partition coefficient (Wildman–Crippen LogP) is -1.70. The summed E-state index contributed by atoms with van der Waals surface area (Å²) in [5, 5.41) is 27.1. The van der Waals surface area contributed by atoms with Crippen molar-refractivity contribution in [1.82, 2.24) is 0 Å². The van der Waals surface area contributed by atoms with Crippen molar-refractivity contribution in [3.05, 3.63) is 0 Å². The van der Waals surface area contributed by atoms with Crippen LogP contribution in [-0.4, -0.2) is 53.1 Å². The van der Waals surface area contributed by atoms with Gasteiger partial charge in [0.2, 0.25) is 0 Å². The molecule has 0 unspecified atom stereocenters. The molecule has 0 aliphatic heterocycles. The van der Waals surface area contributed by atoms with E-state index in [1.807, 2.05) is 0 Å². The van der Waals surface area contributed by atoms with Gasteiger partial charge in [0.05, 0.1) is 6.10 Å². The summed E-state index contributed by atoms with van der Waals surface area (Å²) in [6, 6.07) is 0. The SMILES string of the molecule is CO[C@@H]([C@H](O)[C@H](C)O)[C@H](O)C=O. The Balaban J connectivity index is 4.22. The van der Waals surface area contributed by atoms with Crippen molar-refractivity contribution in [2.45, 2.75) is 31.3 Å². The maximum absolute atomic E-state index is 10.1. The van der Waals surface area contributed by atoms with Crippen LogP contribution in [0.5, 0.6) is 0 Å². The maximum atomic E-state index is 10.1. The summed E-state index contributed by atoms with van der Waals surface area (Å²) in [5.74, 6) is 0. The molecule has 0 aliphatic rings. The smallest absolute Gasteiger partial charge is 0.151 e. The van der Waals surface area contributed by atoms with Gasteiger partial charge in [0.25, 0.3) is 0 Å². The zero-order valence-corrected chi connectivity index (χ0v) is 7.04. The monoisotopic (exact) mass is 178 g/mol. The number of carbonyl (C=O) groups is 1. The van der Waals surface area contributed by atoms with Crippen LogP contribution in [0.4, 0.5) is 0 Å². The van der Waals surface area contributed by atoms with Crippen LogP contribution < -0.4 is 0 Å². The lowest BCUT2D eigenvalue weighted by atomic mass is 10.1. The molecular formula is C7H14O5. The fraction of sp³-hybridized carbons (Fsp3) is 0.857. The van der Waals surface area contributed by atoms with E-state index in [0.29, 0.717) is 0 Å². The fourth-order valence-corrected chi connectivity index (χ4v) is 0.833. The standard InChI is InChI=1S/C7H14O5/c1-4(9)6(11)7(12-2)5(10)3-8/h3-7,9-11H,1-2H3/t4-,5+,6+,7+/m0/s1. The Morgan fingerprint density at radius 3 is 2.08 bits per heavy atom. The largest absolute Gasteiger partial charge is 0.391 e. The Labute approximate surface area is 70.6 Å². The van der Waals surface area contributed by atoms with Crippen LogP contribution >= 0.6 is 0 Å². The van der Waals surface area contributed by atoms with Crippen LogP contribution in [0.3, 0.4) is 0 Å². The summed E-state index contributed by atoms with van der Waals surface area (Å²) in [6.45, 7) is 1.34. The molecule has 0 radical (unpaired) electrons. The summed E-state index contributed by atoms with van der Waals surface area (Å²) in [7, 11) is 1.24. The van der Waals surface area contributed by atoms with Crippen molar-refractivity contribution in [3.8, 4) is 0 Å². The minimum atomic E-state index is -1.42. The van der Waals surface area contributed by atoms with Gasteiger partial charge in [-0.05, 0) is 6.92 Å². The van der Waals surface area contributed by atoms with E-state index in [1.165, 1.54) is 14.0 Å². The van der Waals surface area contributed by atoms with Crippen LogP contribution in [0.1, 0.15) is 6.92 Å². The van der Waals surface area contributed by atoms with Crippen molar-refractivity contribution in [2.24, 2.45) is 0 Å². The van der Waals surface area contributed by atoms with E-state index >= 15 is 0 Å². The van der Waals surface area contributed by atoms with E-state index in [0.717, 1.165) is 0 Å². The minimum absolute atomic E-state index is 0.250. The van der Waals surface area contributed by atoms with Crippen molar-refractivity contribution in [1.29, 1.82) is 0 Å². The van der Waals surface area contributed by atoms with Crippen molar-refractivity contribution < 1.29 is 24.9 Å². The van der Waals surface area contributed by atoms with Crippen LogP contribution in [-0.2, 0) is 9.53 Å². The first-order valence-electron chi connectivity index (χ1n) is 3.56. The molecule has 4 atom stereocenters. The lowest BCUT2D eigenvalue weighted by Gasteiger charge is -2.24. The number of methoxy groups -OCH3 is 1. The third-order valence-corrected chi connectivity index (χ3v) is 1.58. The molecule has 0 saturated heterocycles. The van der Waals surface area contributed by atoms with Crippen molar-refractivity contribution in [3.63, 3.8) is 0 Å². The summed E-state index contributed by atoms with van der Waals surface area (Å²) in [5.41, 5.74) is 0. The molecule has 0 heterocycles. The Hall–Kier alpha value is -0.490. The lowest BCUT2D eigenvalue weighted by molar-refractivity contribution is -0.138. The molecule has 0 aromatic heterocycles. The van der Waals surface area contributed by atoms with Crippen molar-refractivity contribution in [2.75, 3.05) is 7.11 Å². The van der Waals surface area contributed by atoms with Gasteiger partial charge in [-0.1, -0.05) is 0 Å². The summed E-state index contributed by atoms with van der Waals surface area (Å²) < 4.78 is 4.63. The highest BCUT2D eigenvalue weighted by atomic mass is 16.5. The Morgan fingerprint density at radius 2 is 1.83 bits per heavy atom. The van der Waals surface area contributed by atoms with Gasteiger partial charge >= 0.3 is 0 Å². The minimum Gasteiger partial charge on any atom is -0.391 e. The van der Waals surface area contributed by atoms with E-state index in [4.69, 9.17) is 10.2 Å². The molecule has 0 aromatic rings. The number of aliphatic hydroxyl groups is 3. The highest BCUT2D eigenvalue weighted by molar-refractivity contribution is 5.56. The fourth-order valence-electron chi connectivity index (χ4n) is 0.833. The Kier molecular flexibility index (Phi) is 5.00. The lowest BCUT2D eigenvalue weighted by Crippen LogP contribution is -2.45. The predicted molar refractivity (Wildman–Crippen MR) is 40.6 cm³/mol. The second kappa shape index (κ2) is 5.21. The molecule has 5 nitrogen and oxygen atoms in total. The van der Waals surface area contributed by atoms with Crippen LogP contribution in [0.2, 0.25) is 0 Å². The molecule has 0 saturated carbocycles. The second-order valence-electron chi connectivity index (χ2n) is 2.56. The van der Waals surface area contributed by atoms with Crippen LogP contribution in [0, 0.1) is 0 Å². The molecule has 5 heteroatoms. The van der Waals surface area contributed by atoms with E-state index in [9.17, 15) is 9.90 Å². The maximum Gasteiger partial charge on any atom is 0.151 e. The zero-order valence-electron chi connectivity index (χ0n) is 7.04. The van der Waals surface area contributed by atoms with Crippen LogP contribution in [0.25, 0.3) is 0 Å². The number of ether oxygens (including phenoxy) is 1. The molecule has 0 amide bonds. The van der Waals surface area contributed by atoms with Gasteiger partial charge < -0.3 is 24.9 Å². The highest BCUT2D eigenvalue weighted by Gasteiger charge is 2.29. The topological polar surface area (TPSA) is 87.0 Å². The Morgan fingerprint density at radius 1 is 1.33 bits per heavy atom. The number of aliphatic hydroxyl groups excluding tert-OH is 3. The van der Waals surface area contributed by atoms with Gasteiger partial charge in [-0.25, -0.2) is 0 Å². The van der Waals surface area contributed by atoms with Gasteiger partial charge in [0, 0.05) is 7.11 Å². The molecule has 0 bridgehead atoms. The first kappa shape index (κ1) is 11.5. The van der Waals surface area contributed by atoms with Crippen LogP contribution in [0.15, 0.2) is 0 Å². The molecule has 0 aliphatic carbocycles. The van der Waals surface area contributed by atoms with E-state index in [2.05, 4.69) is 4.74 Å². The molecule has 0 spiro atoms. The van der Waals surface area contributed by atoms with Gasteiger partial charge in [-0.15, -0.1) is 0 Å². The second-order valence-corrected chi connectivity index (χ2v) is 2.56. The molecular weight excluding hydrogens is 164 g/mol. The molecule has 3 N–H and O–H groups in total. The third kappa shape index (κ3) is 2.86. The summed E-state index contributed by atoms with van der Waals surface area (Å²) >= 11 is 0. The quantitative estimate of drug-likeness (QED) is 0.437. The number of hydrogen-bond donors (Lipinski definition) is 3. The number of rotatable bonds is 5. The van der Waals surface area contributed by atoms with Gasteiger partial charge in [0.1, 0.15) is 18.3 Å². The average molecular weight is 178 g/mol. The van der Waals surface area contributed by atoms with Gasteiger partial charge in [-0.3, -0.25) is 0 Å². The first-order valence-corrected chi connectivity index (χ1v) is 3.56. The number of carbonyl (C=O) groups excluding carboxylic acids is 1. The molecule has 0 aromatic carbocycles. The molecule has 72 valence electrons. The third-order valence-electron chi connectivity index (χ3n) is 1.58. The normalized spacial score (nSPS) is 21.1. The number of aldehydes is 1. The van der Waals surface area contributed by atoms with E-state index < -0.39 is 24.4 Å². The summed E-state index contributed by atoms with van der Waals surface area (Å²) in [4.78, 5) is 10.1. The van der Waals surface area contributed by atoms with Crippen molar-refractivity contribution >= 4 is 6.29 Å². The zero-order chi connectivity index (χ0) is 9.72. The average Bonchev–Trinajstić information content (AvgIpc) is 2.05. The highest BCUT2D eigenvalue weighted by Crippen LogP contribution is 2.06. The van der Waals surface area contributed by atoms with Gasteiger partial charge in [-0.2, -0.15) is 0 Å². The first-order chi connectivity index (χ1) is 5.54. The Bertz CT molecular complexity index is 136. The van der Waals surface area contributed by atoms with E-state index in [-0.39, 0.29) is 6.29 Å². The molecule has 0 rings (SSSR count). The molecule has 0 fully saturated rings.